The first-order valence-corrected chi connectivity index (χ1v) is 27.8. The van der Waals surface area contributed by atoms with Crippen molar-refractivity contribution >= 4 is 11.9 Å². The number of unbranched alkanes of at least 4 members (excludes halogenated alkanes) is 36. The maximum Gasteiger partial charge on any atom is 0.305 e. The number of hydrogen-bond acceptors (Lipinski definition) is 5. The lowest BCUT2D eigenvalue weighted by Crippen LogP contribution is -2.45. The minimum absolute atomic E-state index is 0.00485. The molecule has 0 saturated carbocycles. The van der Waals surface area contributed by atoms with Crippen LogP contribution < -0.4 is 5.32 Å². The van der Waals surface area contributed by atoms with Gasteiger partial charge in [-0.25, -0.2) is 0 Å². The molecule has 0 spiro atoms. The molecule has 3 N–H and O–H groups in total. The molecule has 0 fully saturated rings. The first kappa shape index (κ1) is 61.1. The third kappa shape index (κ3) is 49.4. The highest BCUT2D eigenvalue weighted by atomic mass is 16.5. The van der Waals surface area contributed by atoms with E-state index in [1.54, 1.807) is 6.08 Å². The van der Waals surface area contributed by atoms with Crippen molar-refractivity contribution in [2.75, 3.05) is 13.2 Å². The molecule has 0 heterocycles. The molecule has 2 atom stereocenters. The molecule has 63 heavy (non-hydrogen) atoms. The smallest absolute Gasteiger partial charge is 0.305 e. The number of rotatable bonds is 51. The van der Waals surface area contributed by atoms with Gasteiger partial charge in [0.25, 0.3) is 0 Å². The summed E-state index contributed by atoms with van der Waals surface area (Å²) in [4.78, 5) is 24.5. The maximum atomic E-state index is 12.4. The first-order valence-electron chi connectivity index (χ1n) is 27.8. The SMILES string of the molecule is CCCCCCCC/C=C\CCCCCCCCCCCC(=O)OCCCCCCCCC/C=C\CCCCCCCC(=O)NC(CO)C(O)/C=C/CCCCCCCCCCC. The predicted octanol–water partition coefficient (Wildman–Crippen LogP) is 16.9. The van der Waals surface area contributed by atoms with E-state index in [4.69, 9.17) is 4.74 Å². The minimum Gasteiger partial charge on any atom is -0.466 e. The monoisotopic (exact) mass is 886 g/mol. The fourth-order valence-corrected chi connectivity index (χ4v) is 8.33. The van der Waals surface area contributed by atoms with Crippen molar-refractivity contribution in [2.45, 2.75) is 302 Å². The van der Waals surface area contributed by atoms with Gasteiger partial charge < -0.3 is 20.3 Å². The molecule has 370 valence electrons. The van der Waals surface area contributed by atoms with Crippen LogP contribution in [-0.2, 0) is 14.3 Å². The molecule has 0 aliphatic carbocycles. The normalized spacial score (nSPS) is 12.9. The van der Waals surface area contributed by atoms with Gasteiger partial charge in [-0.15, -0.1) is 0 Å². The van der Waals surface area contributed by atoms with E-state index in [1.165, 1.54) is 199 Å². The van der Waals surface area contributed by atoms with Crippen LogP contribution in [0.3, 0.4) is 0 Å². The molecule has 0 radical (unpaired) electrons. The average molecular weight is 886 g/mol. The predicted molar refractivity (Wildman–Crippen MR) is 273 cm³/mol. The summed E-state index contributed by atoms with van der Waals surface area (Å²) in [5.74, 6) is -0.0917. The van der Waals surface area contributed by atoms with E-state index in [-0.39, 0.29) is 18.5 Å². The van der Waals surface area contributed by atoms with Crippen LogP contribution in [0.15, 0.2) is 36.5 Å². The number of aliphatic hydroxyl groups is 2. The van der Waals surface area contributed by atoms with E-state index in [1.807, 2.05) is 6.08 Å². The number of hydrogen-bond donors (Lipinski definition) is 3. The van der Waals surface area contributed by atoms with Crippen molar-refractivity contribution in [3.8, 4) is 0 Å². The Kier molecular flexibility index (Phi) is 51.1. The molecule has 0 aromatic carbocycles. The summed E-state index contributed by atoms with van der Waals surface area (Å²) in [6.45, 7) is 4.86. The van der Waals surface area contributed by atoms with Crippen LogP contribution in [0, 0.1) is 0 Å². The third-order valence-corrected chi connectivity index (χ3v) is 12.6. The van der Waals surface area contributed by atoms with Gasteiger partial charge in [0.1, 0.15) is 0 Å². The zero-order chi connectivity index (χ0) is 45.8. The summed E-state index contributed by atoms with van der Waals surface area (Å²) in [7, 11) is 0. The highest BCUT2D eigenvalue weighted by Crippen LogP contribution is 2.15. The number of carbonyl (C=O) groups is 2. The lowest BCUT2D eigenvalue weighted by atomic mass is 10.1. The van der Waals surface area contributed by atoms with Gasteiger partial charge in [-0.05, 0) is 83.5 Å². The molecular weight excluding hydrogens is 779 g/mol. The van der Waals surface area contributed by atoms with Gasteiger partial charge in [0.05, 0.1) is 25.4 Å². The Bertz CT molecular complexity index is 1020. The number of amides is 1. The molecule has 0 aromatic heterocycles. The van der Waals surface area contributed by atoms with E-state index in [2.05, 4.69) is 43.5 Å². The summed E-state index contributed by atoms with van der Waals surface area (Å²) >= 11 is 0. The van der Waals surface area contributed by atoms with Gasteiger partial charge in [-0.3, -0.25) is 9.59 Å². The van der Waals surface area contributed by atoms with Gasteiger partial charge in [0, 0.05) is 12.8 Å². The Morgan fingerprint density at radius 3 is 1.13 bits per heavy atom. The van der Waals surface area contributed by atoms with Gasteiger partial charge in [0.15, 0.2) is 0 Å². The number of nitrogens with one attached hydrogen (secondary N) is 1. The van der Waals surface area contributed by atoms with E-state index in [0.717, 1.165) is 64.2 Å². The quantitative estimate of drug-likeness (QED) is 0.0321. The second-order valence-electron chi connectivity index (χ2n) is 18.9. The van der Waals surface area contributed by atoms with Crippen LogP contribution in [0.1, 0.15) is 290 Å². The van der Waals surface area contributed by atoms with Crippen molar-refractivity contribution in [1.82, 2.24) is 5.32 Å². The van der Waals surface area contributed by atoms with Crippen LogP contribution in [0.25, 0.3) is 0 Å². The molecule has 0 aromatic rings. The Labute approximate surface area is 392 Å². The lowest BCUT2D eigenvalue weighted by molar-refractivity contribution is -0.143. The fraction of sp³-hybridized carbons (Fsp3) is 0.860. The minimum atomic E-state index is -0.854. The van der Waals surface area contributed by atoms with E-state index >= 15 is 0 Å². The molecule has 0 bridgehead atoms. The largest absolute Gasteiger partial charge is 0.466 e. The maximum absolute atomic E-state index is 12.4. The van der Waals surface area contributed by atoms with E-state index in [9.17, 15) is 19.8 Å². The van der Waals surface area contributed by atoms with Gasteiger partial charge in [-0.1, -0.05) is 230 Å². The molecule has 0 aliphatic heterocycles. The number of aliphatic hydroxyl groups excluding tert-OH is 2. The summed E-state index contributed by atoms with van der Waals surface area (Å²) in [6, 6.07) is -0.639. The fourth-order valence-electron chi connectivity index (χ4n) is 8.33. The lowest BCUT2D eigenvalue weighted by Gasteiger charge is -2.20. The summed E-state index contributed by atoms with van der Waals surface area (Å²) in [6.07, 6.45) is 64.5. The van der Waals surface area contributed by atoms with Gasteiger partial charge in [-0.2, -0.15) is 0 Å². The summed E-state index contributed by atoms with van der Waals surface area (Å²) < 4.78 is 5.48. The Hall–Kier alpha value is -1.92. The van der Waals surface area contributed by atoms with Crippen LogP contribution in [0.2, 0.25) is 0 Å². The zero-order valence-electron chi connectivity index (χ0n) is 42.1. The number of allylic oxidation sites excluding steroid dienone is 5. The van der Waals surface area contributed by atoms with Crippen LogP contribution in [-0.4, -0.2) is 47.4 Å². The highest BCUT2D eigenvalue weighted by molar-refractivity contribution is 5.76. The zero-order valence-corrected chi connectivity index (χ0v) is 42.1. The Morgan fingerprint density at radius 2 is 0.746 bits per heavy atom. The highest BCUT2D eigenvalue weighted by Gasteiger charge is 2.18. The van der Waals surface area contributed by atoms with Crippen LogP contribution >= 0.6 is 0 Å². The molecule has 0 aliphatic rings. The van der Waals surface area contributed by atoms with Crippen LogP contribution in [0.4, 0.5) is 0 Å². The average Bonchev–Trinajstić information content (AvgIpc) is 3.28. The molecule has 0 rings (SSSR count). The van der Waals surface area contributed by atoms with Crippen molar-refractivity contribution in [2.24, 2.45) is 0 Å². The first-order chi connectivity index (χ1) is 31.0. The molecule has 6 heteroatoms. The van der Waals surface area contributed by atoms with E-state index in [0.29, 0.717) is 19.4 Å². The topological polar surface area (TPSA) is 95.9 Å². The standard InChI is InChI=1S/C57H107NO5/c1-3-5-7-9-11-13-15-16-17-18-19-20-24-27-31-35-39-43-47-51-57(62)63-52-48-44-40-36-32-28-25-22-21-23-26-30-34-38-42-46-50-56(61)58-54(53-59)55(60)49-45-41-37-33-29-14-12-10-8-6-4-2/h16-17,21,23,45,49,54-55,59-60H,3-15,18-20,22,24-44,46-48,50-53H2,1-2H3,(H,58,61)/b17-16-,23-21-,49-45+. The van der Waals surface area contributed by atoms with Crippen molar-refractivity contribution in [3.05, 3.63) is 36.5 Å². The van der Waals surface area contributed by atoms with Gasteiger partial charge >= 0.3 is 5.97 Å². The Morgan fingerprint density at radius 1 is 0.429 bits per heavy atom. The molecular formula is C57H107NO5. The number of ether oxygens (including phenoxy) is 1. The molecule has 0 saturated heterocycles. The molecule has 6 nitrogen and oxygen atoms in total. The second-order valence-corrected chi connectivity index (χ2v) is 18.9. The third-order valence-electron chi connectivity index (χ3n) is 12.6. The number of esters is 1. The second kappa shape index (κ2) is 52.7. The summed E-state index contributed by atoms with van der Waals surface area (Å²) in [5.41, 5.74) is 0. The molecule has 1 amide bonds. The van der Waals surface area contributed by atoms with Crippen molar-refractivity contribution in [1.29, 1.82) is 0 Å². The van der Waals surface area contributed by atoms with Gasteiger partial charge in [0.2, 0.25) is 5.91 Å². The van der Waals surface area contributed by atoms with E-state index < -0.39 is 12.1 Å². The summed E-state index contributed by atoms with van der Waals surface area (Å²) in [5, 5.41) is 23.0. The Balaban J connectivity index is 3.45. The van der Waals surface area contributed by atoms with Crippen molar-refractivity contribution < 1.29 is 24.5 Å². The number of carbonyl (C=O) groups excluding carboxylic acids is 2. The molecule has 2 unspecified atom stereocenters. The van der Waals surface area contributed by atoms with Crippen molar-refractivity contribution in [3.63, 3.8) is 0 Å². The van der Waals surface area contributed by atoms with Crippen LogP contribution in [0.5, 0.6) is 0 Å².